The normalized spacial score (nSPS) is 13.5. The zero-order valence-electron chi connectivity index (χ0n) is 24.5. The van der Waals surface area contributed by atoms with E-state index in [-0.39, 0.29) is 36.1 Å². The number of carbonyl (C=O) groups excluding carboxylic acids is 3. The predicted octanol–water partition coefficient (Wildman–Crippen LogP) is 3.76. The van der Waals surface area contributed by atoms with Crippen molar-refractivity contribution in [1.82, 2.24) is 15.6 Å². The van der Waals surface area contributed by atoms with Gasteiger partial charge < -0.3 is 39.8 Å². The molecule has 1 aliphatic rings. The second-order valence-corrected chi connectivity index (χ2v) is 10.3. The van der Waals surface area contributed by atoms with E-state index in [2.05, 4.69) is 15.6 Å². The Kier molecular flexibility index (Phi) is 9.49. The minimum absolute atomic E-state index is 0.102. The van der Waals surface area contributed by atoms with E-state index in [0.717, 1.165) is 0 Å². The van der Waals surface area contributed by atoms with Crippen LogP contribution in [0.25, 0.3) is 6.08 Å². The Hall–Kier alpha value is -5.13. The summed E-state index contributed by atoms with van der Waals surface area (Å²) >= 11 is 0. The second-order valence-electron chi connectivity index (χ2n) is 10.3. The van der Waals surface area contributed by atoms with Crippen LogP contribution in [-0.4, -0.2) is 59.8 Å². The van der Waals surface area contributed by atoms with Crippen molar-refractivity contribution >= 4 is 23.7 Å². The van der Waals surface area contributed by atoms with E-state index in [1.54, 1.807) is 56.3 Å². The number of carbonyl (C=O) groups is 3. The molecule has 0 saturated heterocycles. The van der Waals surface area contributed by atoms with E-state index in [1.165, 1.54) is 27.2 Å². The van der Waals surface area contributed by atoms with Crippen molar-refractivity contribution in [3.05, 3.63) is 64.7 Å². The van der Waals surface area contributed by atoms with Crippen molar-refractivity contribution in [2.45, 2.75) is 39.3 Å². The van der Waals surface area contributed by atoms with Gasteiger partial charge in [0.05, 0.1) is 38.3 Å². The summed E-state index contributed by atoms with van der Waals surface area (Å²) in [5.41, 5.74) is 1.35. The highest BCUT2D eigenvalue weighted by Crippen LogP contribution is 2.34. The number of ether oxygens (including phenoxy) is 4. The quantitative estimate of drug-likeness (QED) is 0.155. The number of aromatic nitrogens is 1. The first-order valence-electron chi connectivity index (χ1n) is 13.6. The minimum Gasteiger partial charge on any atom is -0.494 e. The summed E-state index contributed by atoms with van der Waals surface area (Å²) in [5, 5.41) is 25.7. The smallest absolute Gasteiger partial charge is 0.244 e. The molecule has 0 spiro atoms. The van der Waals surface area contributed by atoms with Crippen molar-refractivity contribution in [3.8, 4) is 34.8 Å². The van der Waals surface area contributed by atoms with Gasteiger partial charge in [0.15, 0.2) is 34.7 Å². The summed E-state index contributed by atoms with van der Waals surface area (Å²) in [7, 11) is 2.98. The molecular formula is C31H35N3O9. The van der Waals surface area contributed by atoms with E-state index < -0.39 is 35.6 Å². The van der Waals surface area contributed by atoms with E-state index in [4.69, 9.17) is 18.9 Å². The Morgan fingerprint density at radius 1 is 0.977 bits per heavy atom. The van der Waals surface area contributed by atoms with Crippen LogP contribution in [0.15, 0.2) is 42.5 Å². The molecule has 0 aliphatic carbocycles. The van der Waals surface area contributed by atoms with Crippen LogP contribution >= 0.6 is 0 Å². The molecule has 5 N–H and O–H groups in total. The number of aromatic hydroxyl groups is 2. The van der Waals surface area contributed by atoms with Gasteiger partial charge in [-0.25, -0.2) is 0 Å². The molecule has 2 amide bonds. The lowest BCUT2D eigenvalue weighted by atomic mass is 9.93. The number of nitrogens with one attached hydrogen (secondary N) is 3. The first-order valence-corrected chi connectivity index (χ1v) is 13.6. The number of amides is 2. The molecule has 1 aromatic heterocycles. The molecular weight excluding hydrogens is 558 g/mol. The number of Topliss-reactive ketones (excluding diaryl/α,β-unsaturated/α-hetero) is 1. The summed E-state index contributed by atoms with van der Waals surface area (Å²) in [5.74, 6) is -0.645. The van der Waals surface area contributed by atoms with Crippen LogP contribution in [0.1, 0.15) is 53.4 Å². The third-order valence-electron chi connectivity index (χ3n) is 7.06. The Bertz CT molecular complexity index is 1540. The summed E-state index contributed by atoms with van der Waals surface area (Å²) < 4.78 is 21.4. The zero-order chi connectivity index (χ0) is 31.3. The van der Waals surface area contributed by atoms with E-state index in [1.807, 2.05) is 0 Å². The highest BCUT2D eigenvalue weighted by Gasteiger charge is 2.31. The van der Waals surface area contributed by atoms with Crippen molar-refractivity contribution < 1.29 is 43.5 Å². The van der Waals surface area contributed by atoms with Crippen LogP contribution in [0, 0.1) is 12.8 Å². The van der Waals surface area contributed by atoms with Gasteiger partial charge in [-0.05, 0) is 54.3 Å². The summed E-state index contributed by atoms with van der Waals surface area (Å²) in [6.07, 6.45) is 2.73. The molecule has 12 heteroatoms. The standard InChI is InChI=1S/C31H35N3O9/c1-16(2)28(29(37)27-17(3)30(38)34-31(27)39)33-26(36)14-20(19-8-10-21(40-4)23(13-19)41-5)32-25(35)11-7-18-6-9-22-24(12-18)43-15-42-22/h6-13,16,20,28,34,38-39H,14-15H2,1-5H3,(H,32,35)(H,33,36)/t20?,28-/m0/s1. The maximum absolute atomic E-state index is 13.4. The number of hydrogen-bond donors (Lipinski definition) is 5. The fourth-order valence-electron chi connectivity index (χ4n) is 4.70. The number of hydrogen-bond acceptors (Lipinski definition) is 9. The van der Waals surface area contributed by atoms with Crippen molar-refractivity contribution in [2.24, 2.45) is 5.92 Å². The van der Waals surface area contributed by atoms with Crippen molar-refractivity contribution in [2.75, 3.05) is 21.0 Å². The molecule has 3 aromatic rings. The molecule has 12 nitrogen and oxygen atoms in total. The van der Waals surface area contributed by atoms with Crippen LogP contribution in [0.4, 0.5) is 0 Å². The number of ketones is 1. The zero-order valence-corrected chi connectivity index (χ0v) is 24.5. The monoisotopic (exact) mass is 593 g/mol. The van der Waals surface area contributed by atoms with Gasteiger partial charge in [-0.15, -0.1) is 0 Å². The highest BCUT2D eigenvalue weighted by atomic mass is 16.7. The van der Waals surface area contributed by atoms with Gasteiger partial charge in [-0.3, -0.25) is 19.4 Å². The Labute approximate surface area is 248 Å². The van der Waals surface area contributed by atoms with E-state index in [0.29, 0.717) is 34.1 Å². The van der Waals surface area contributed by atoms with Gasteiger partial charge in [0.1, 0.15) is 0 Å². The number of aromatic amines is 1. The number of H-pyrrole nitrogens is 1. The average Bonchev–Trinajstić information content (AvgIpc) is 3.55. The van der Waals surface area contributed by atoms with Crippen LogP contribution < -0.4 is 29.6 Å². The molecule has 1 aliphatic heterocycles. The number of rotatable bonds is 12. The average molecular weight is 594 g/mol. The number of benzene rings is 2. The Morgan fingerprint density at radius 2 is 1.70 bits per heavy atom. The fraction of sp³-hybridized carbons (Fsp3) is 0.323. The maximum atomic E-state index is 13.4. The number of methoxy groups -OCH3 is 2. The van der Waals surface area contributed by atoms with Crippen LogP contribution in [0.3, 0.4) is 0 Å². The third kappa shape index (κ3) is 7.03. The molecule has 2 atom stereocenters. The lowest BCUT2D eigenvalue weighted by molar-refractivity contribution is -0.123. The van der Waals surface area contributed by atoms with Crippen molar-refractivity contribution in [1.29, 1.82) is 0 Å². The SMILES string of the molecule is COc1ccc(C(CC(=O)N[C@H](C(=O)c2c(O)[nH]c(O)c2C)C(C)C)NC(=O)C=Cc2ccc3c(c2)OCO3)cc1OC. The molecule has 0 saturated carbocycles. The first kappa shape index (κ1) is 30.8. The lowest BCUT2D eigenvalue weighted by Crippen LogP contribution is -2.45. The van der Waals surface area contributed by atoms with Gasteiger partial charge in [-0.2, -0.15) is 0 Å². The molecule has 43 heavy (non-hydrogen) atoms. The lowest BCUT2D eigenvalue weighted by Gasteiger charge is -2.24. The van der Waals surface area contributed by atoms with Gasteiger partial charge in [0.2, 0.25) is 24.5 Å². The summed E-state index contributed by atoms with van der Waals surface area (Å²) in [6.45, 7) is 5.11. The first-order chi connectivity index (χ1) is 20.5. The Morgan fingerprint density at radius 3 is 2.35 bits per heavy atom. The highest BCUT2D eigenvalue weighted by molar-refractivity contribution is 6.05. The summed E-state index contributed by atoms with van der Waals surface area (Å²) in [6, 6.07) is 8.48. The molecule has 0 radical (unpaired) electrons. The topological polar surface area (TPSA) is 168 Å². The summed E-state index contributed by atoms with van der Waals surface area (Å²) in [4.78, 5) is 42.1. The molecule has 1 unspecified atom stereocenters. The van der Waals surface area contributed by atoms with Crippen LogP contribution in [0.5, 0.6) is 34.8 Å². The molecule has 228 valence electrons. The molecule has 2 heterocycles. The van der Waals surface area contributed by atoms with Gasteiger partial charge in [0, 0.05) is 11.6 Å². The van der Waals surface area contributed by atoms with Crippen LogP contribution in [0.2, 0.25) is 0 Å². The van der Waals surface area contributed by atoms with Crippen LogP contribution in [-0.2, 0) is 9.59 Å². The van der Waals surface area contributed by atoms with E-state index >= 15 is 0 Å². The van der Waals surface area contributed by atoms with Crippen molar-refractivity contribution in [3.63, 3.8) is 0 Å². The largest absolute Gasteiger partial charge is 0.494 e. The van der Waals surface area contributed by atoms with Gasteiger partial charge >= 0.3 is 0 Å². The molecule has 0 fully saturated rings. The minimum atomic E-state index is -1.01. The Balaban J connectivity index is 1.55. The van der Waals surface area contributed by atoms with Gasteiger partial charge in [-0.1, -0.05) is 26.0 Å². The van der Waals surface area contributed by atoms with E-state index in [9.17, 15) is 24.6 Å². The molecule has 4 rings (SSSR count). The second kappa shape index (κ2) is 13.2. The molecule has 2 aromatic carbocycles. The number of fused-ring (bicyclic) bond motifs is 1. The predicted molar refractivity (Wildman–Crippen MR) is 157 cm³/mol. The third-order valence-corrected chi connectivity index (χ3v) is 7.06. The molecule has 0 bridgehead atoms. The van der Waals surface area contributed by atoms with Gasteiger partial charge in [0.25, 0.3) is 0 Å². The fourth-order valence-corrected chi connectivity index (χ4v) is 4.70. The maximum Gasteiger partial charge on any atom is 0.244 e.